The first-order chi connectivity index (χ1) is 11.1. The Bertz CT molecular complexity index is 541. The van der Waals surface area contributed by atoms with E-state index in [1.807, 2.05) is 0 Å². The molecule has 1 saturated heterocycles. The largest absolute Gasteiger partial charge is 0.379 e. The van der Waals surface area contributed by atoms with Crippen LogP contribution >= 0.6 is 12.2 Å². The smallest absolute Gasteiger partial charge is 0.186 e. The molecule has 1 fully saturated rings. The molecule has 2 N–H and O–H groups in total. The highest BCUT2D eigenvalue weighted by atomic mass is 32.1. The number of ether oxygens (including phenoxy) is 1. The molecular weight excluding hydrogens is 308 g/mol. The number of hydrogen-bond donors (Lipinski definition) is 2. The van der Waals surface area contributed by atoms with E-state index in [4.69, 9.17) is 17.0 Å². The van der Waals surface area contributed by atoms with Gasteiger partial charge in [0.1, 0.15) is 0 Å². The number of aryl methyl sites for hydroxylation is 2. The number of benzene rings is 1. The van der Waals surface area contributed by atoms with Crippen molar-refractivity contribution in [2.75, 3.05) is 39.4 Å². The molecule has 0 amide bonds. The summed E-state index contributed by atoms with van der Waals surface area (Å²) in [6, 6.07) is 6.29. The maximum Gasteiger partial charge on any atom is 0.186 e. The topological polar surface area (TPSA) is 48.9 Å². The average Bonchev–Trinajstić information content (AvgIpc) is 2.55. The highest BCUT2D eigenvalue weighted by Gasteiger charge is 2.08. The molecule has 0 radical (unpaired) electrons. The van der Waals surface area contributed by atoms with Crippen molar-refractivity contribution in [1.29, 1.82) is 0 Å². The first kappa shape index (κ1) is 17.8. The molecule has 0 aliphatic carbocycles. The second-order valence-electron chi connectivity index (χ2n) is 5.79. The molecule has 0 unspecified atom stereocenters. The Morgan fingerprint density at radius 2 is 2.13 bits per heavy atom. The van der Waals surface area contributed by atoms with Gasteiger partial charge in [0.2, 0.25) is 0 Å². The first-order valence-corrected chi connectivity index (χ1v) is 8.50. The summed E-state index contributed by atoms with van der Waals surface area (Å²) in [7, 11) is 0. The van der Waals surface area contributed by atoms with Crippen LogP contribution in [0.5, 0.6) is 0 Å². The third-order valence-corrected chi connectivity index (χ3v) is 4.07. The zero-order valence-electron chi connectivity index (χ0n) is 14.0. The minimum absolute atomic E-state index is 0.563. The fraction of sp³-hybridized carbons (Fsp3) is 0.529. The van der Waals surface area contributed by atoms with E-state index >= 15 is 0 Å². The van der Waals surface area contributed by atoms with Crippen LogP contribution in [0.15, 0.2) is 23.3 Å². The number of nitrogens with one attached hydrogen (secondary N) is 2. The van der Waals surface area contributed by atoms with Crippen molar-refractivity contribution in [1.82, 2.24) is 15.6 Å². The number of hydrazone groups is 1. The van der Waals surface area contributed by atoms with Crippen LogP contribution < -0.4 is 10.7 Å². The zero-order chi connectivity index (χ0) is 16.5. The van der Waals surface area contributed by atoms with Gasteiger partial charge in [-0.2, -0.15) is 5.10 Å². The fourth-order valence-electron chi connectivity index (χ4n) is 2.50. The Kier molecular flexibility index (Phi) is 7.45. The molecule has 0 bridgehead atoms. The zero-order valence-corrected chi connectivity index (χ0v) is 14.8. The molecule has 23 heavy (non-hydrogen) atoms. The van der Waals surface area contributed by atoms with Crippen LogP contribution in [0.2, 0.25) is 0 Å². The molecule has 1 aromatic rings. The van der Waals surface area contributed by atoms with Gasteiger partial charge in [-0.05, 0) is 50.2 Å². The summed E-state index contributed by atoms with van der Waals surface area (Å²) in [5.41, 5.74) is 6.43. The summed E-state index contributed by atoms with van der Waals surface area (Å²) >= 11 is 5.22. The van der Waals surface area contributed by atoms with E-state index in [0.717, 1.165) is 51.4 Å². The van der Waals surface area contributed by atoms with Crippen molar-refractivity contribution < 1.29 is 4.74 Å². The lowest BCUT2D eigenvalue weighted by Crippen LogP contribution is -2.39. The molecule has 1 aliphatic rings. The van der Waals surface area contributed by atoms with E-state index in [-0.39, 0.29) is 0 Å². The minimum atomic E-state index is 0.563. The maximum atomic E-state index is 5.34. The van der Waals surface area contributed by atoms with Gasteiger partial charge in [0, 0.05) is 19.6 Å². The molecule has 1 heterocycles. The Balaban J connectivity index is 1.61. The first-order valence-electron chi connectivity index (χ1n) is 8.09. The number of nitrogens with zero attached hydrogens (tertiary/aromatic N) is 2. The van der Waals surface area contributed by atoms with E-state index in [9.17, 15) is 0 Å². The van der Waals surface area contributed by atoms with E-state index in [1.165, 1.54) is 11.1 Å². The van der Waals surface area contributed by atoms with Gasteiger partial charge in [-0.1, -0.05) is 23.8 Å². The van der Waals surface area contributed by atoms with Gasteiger partial charge in [-0.15, -0.1) is 0 Å². The summed E-state index contributed by atoms with van der Waals surface area (Å²) in [4.78, 5) is 2.42. The van der Waals surface area contributed by atoms with E-state index in [2.05, 4.69) is 52.8 Å². The Labute approximate surface area is 144 Å². The molecule has 0 saturated carbocycles. The van der Waals surface area contributed by atoms with Crippen molar-refractivity contribution in [3.63, 3.8) is 0 Å². The van der Waals surface area contributed by atoms with Crippen molar-refractivity contribution in [3.05, 3.63) is 34.9 Å². The average molecular weight is 334 g/mol. The Morgan fingerprint density at radius 3 is 2.87 bits per heavy atom. The molecule has 5 nitrogen and oxygen atoms in total. The second-order valence-corrected chi connectivity index (χ2v) is 6.20. The van der Waals surface area contributed by atoms with Crippen molar-refractivity contribution in [2.45, 2.75) is 20.3 Å². The van der Waals surface area contributed by atoms with Gasteiger partial charge in [0.25, 0.3) is 0 Å². The molecular formula is C17H26N4OS. The molecule has 0 spiro atoms. The van der Waals surface area contributed by atoms with Crippen LogP contribution in [0.3, 0.4) is 0 Å². The number of morpholine rings is 1. The SMILES string of the molecule is Cc1ccc(/C=N/NC(=S)NCCCN2CCOCC2)c(C)c1. The van der Waals surface area contributed by atoms with Gasteiger partial charge in [0.15, 0.2) is 5.11 Å². The highest BCUT2D eigenvalue weighted by molar-refractivity contribution is 7.80. The van der Waals surface area contributed by atoms with E-state index < -0.39 is 0 Å². The van der Waals surface area contributed by atoms with Gasteiger partial charge in [-0.3, -0.25) is 10.3 Å². The molecule has 126 valence electrons. The van der Waals surface area contributed by atoms with Crippen molar-refractivity contribution >= 4 is 23.5 Å². The summed E-state index contributed by atoms with van der Waals surface area (Å²) < 4.78 is 5.34. The number of thiocarbonyl (C=S) groups is 1. The lowest BCUT2D eigenvalue weighted by molar-refractivity contribution is 0.0376. The maximum absolute atomic E-state index is 5.34. The summed E-state index contributed by atoms with van der Waals surface area (Å²) in [5, 5.41) is 7.94. The molecule has 1 aromatic carbocycles. The molecule has 1 aliphatic heterocycles. The van der Waals surface area contributed by atoms with Gasteiger partial charge in [-0.25, -0.2) is 0 Å². The summed E-state index contributed by atoms with van der Waals surface area (Å²) in [6.07, 6.45) is 2.86. The second kappa shape index (κ2) is 9.60. The van der Waals surface area contributed by atoms with Crippen molar-refractivity contribution in [2.24, 2.45) is 5.10 Å². The number of hydrogen-bond acceptors (Lipinski definition) is 4. The Morgan fingerprint density at radius 1 is 1.35 bits per heavy atom. The monoisotopic (exact) mass is 334 g/mol. The third-order valence-electron chi connectivity index (χ3n) is 3.84. The lowest BCUT2D eigenvalue weighted by atomic mass is 10.1. The standard InChI is InChI=1S/C17H26N4OS/c1-14-4-5-16(15(2)12-14)13-19-20-17(23)18-6-3-7-21-8-10-22-11-9-21/h4-5,12-13H,3,6-11H2,1-2H3,(H2,18,20,23)/b19-13+. The Hall–Kier alpha value is -1.50. The molecule has 0 aromatic heterocycles. The van der Waals surface area contributed by atoms with Crippen LogP contribution in [-0.4, -0.2) is 55.6 Å². The fourth-order valence-corrected chi connectivity index (χ4v) is 2.65. The van der Waals surface area contributed by atoms with Gasteiger partial charge < -0.3 is 10.1 Å². The molecule has 6 heteroatoms. The predicted molar refractivity (Wildman–Crippen MR) is 99.1 cm³/mol. The third kappa shape index (κ3) is 6.64. The summed E-state index contributed by atoms with van der Waals surface area (Å²) in [6.45, 7) is 9.85. The van der Waals surface area contributed by atoms with Crippen LogP contribution in [0.25, 0.3) is 0 Å². The van der Waals surface area contributed by atoms with Crippen LogP contribution in [-0.2, 0) is 4.74 Å². The van der Waals surface area contributed by atoms with E-state index in [1.54, 1.807) is 6.21 Å². The van der Waals surface area contributed by atoms with Crippen LogP contribution in [0.1, 0.15) is 23.1 Å². The predicted octanol–water partition coefficient (Wildman–Crippen LogP) is 1.82. The quantitative estimate of drug-likeness (QED) is 0.360. The molecule has 0 atom stereocenters. The van der Waals surface area contributed by atoms with Crippen LogP contribution in [0.4, 0.5) is 0 Å². The van der Waals surface area contributed by atoms with Crippen LogP contribution in [0, 0.1) is 13.8 Å². The van der Waals surface area contributed by atoms with Crippen molar-refractivity contribution in [3.8, 4) is 0 Å². The minimum Gasteiger partial charge on any atom is -0.379 e. The summed E-state index contributed by atoms with van der Waals surface area (Å²) in [5.74, 6) is 0. The number of rotatable bonds is 6. The van der Waals surface area contributed by atoms with Gasteiger partial charge >= 0.3 is 0 Å². The normalized spacial score (nSPS) is 15.7. The van der Waals surface area contributed by atoms with E-state index in [0.29, 0.717) is 5.11 Å². The molecule has 2 rings (SSSR count). The highest BCUT2D eigenvalue weighted by Crippen LogP contribution is 2.07. The van der Waals surface area contributed by atoms with Gasteiger partial charge in [0.05, 0.1) is 19.4 Å². The lowest BCUT2D eigenvalue weighted by Gasteiger charge is -2.26.